The van der Waals surface area contributed by atoms with Crippen LogP contribution in [-0.2, 0) is 0 Å². The summed E-state index contributed by atoms with van der Waals surface area (Å²) in [5, 5.41) is 3.48. The van der Waals surface area contributed by atoms with Gasteiger partial charge in [0.05, 0.1) is 11.3 Å². The van der Waals surface area contributed by atoms with Crippen LogP contribution in [-0.4, -0.2) is 34.9 Å². The molecule has 1 amide bonds. The van der Waals surface area contributed by atoms with Gasteiger partial charge in [-0.25, -0.2) is 0 Å². The lowest BCUT2D eigenvalue weighted by Gasteiger charge is -2.19. The molecule has 2 rings (SSSR count). The molecule has 1 fully saturated rings. The number of hydrogen-bond acceptors (Lipinski definition) is 3. The maximum Gasteiger partial charge on any atom is 0.255 e. The number of hydrogen-bond donors (Lipinski definition) is 1. The van der Waals surface area contributed by atoms with Crippen LogP contribution in [0.1, 0.15) is 49.9 Å². The zero-order valence-corrected chi connectivity index (χ0v) is 11.9. The van der Waals surface area contributed by atoms with Crippen molar-refractivity contribution in [1.82, 2.24) is 9.88 Å². The lowest BCUT2D eigenvalue weighted by atomic mass is 10.2. The first-order valence-electron chi connectivity index (χ1n) is 7.25. The summed E-state index contributed by atoms with van der Waals surface area (Å²) in [5.41, 5.74) is 1.64. The van der Waals surface area contributed by atoms with Crippen molar-refractivity contribution in [2.24, 2.45) is 0 Å². The lowest BCUT2D eigenvalue weighted by molar-refractivity contribution is 0.0772. The van der Waals surface area contributed by atoms with Crippen molar-refractivity contribution < 1.29 is 4.79 Å². The number of amides is 1. The Morgan fingerprint density at radius 1 is 1.32 bits per heavy atom. The molecule has 104 valence electrons. The highest BCUT2D eigenvalue weighted by atomic mass is 16.2. The predicted molar refractivity (Wildman–Crippen MR) is 77.4 cm³/mol. The first-order valence-corrected chi connectivity index (χ1v) is 7.25. The van der Waals surface area contributed by atoms with Gasteiger partial charge in [-0.1, -0.05) is 12.8 Å². The van der Waals surface area contributed by atoms with Crippen LogP contribution in [0.5, 0.6) is 0 Å². The van der Waals surface area contributed by atoms with Gasteiger partial charge in [-0.2, -0.15) is 0 Å². The molecule has 4 heteroatoms. The molecule has 1 aromatic heterocycles. The van der Waals surface area contributed by atoms with E-state index in [-0.39, 0.29) is 5.91 Å². The van der Waals surface area contributed by atoms with Crippen molar-refractivity contribution in [2.75, 3.05) is 18.4 Å². The second-order valence-corrected chi connectivity index (χ2v) is 5.07. The van der Waals surface area contributed by atoms with Crippen LogP contribution in [0, 0.1) is 0 Å². The Hall–Kier alpha value is -1.58. The van der Waals surface area contributed by atoms with E-state index in [1.807, 2.05) is 24.8 Å². The van der Waals surface area contributed by atoms with Crippen molar-refractivity contribution in [3.63, 3.8) is 0 Å². The first kappa shape index (κ1) is 13.8. The number of nitrogens with zero attached hydrogens (tertiary/aromatic N) is 2. The first-order chi connectivity index (χ1) is 9.24. The summed E-state index contributed by atoms with van der Waals surface area (Å²) in [6.07, 6.45) is 8.48. The minimum atomic E-state index is 0.0626. The van der Waals surface area contributed by atoms with E-state index in [1.54, 1.807) is 12.4 Å². The quantitative estimate of drug-likeness (QED) is 0.886. The Morgan fingerprint density at radius 2 is 2.00 bits per heavy atom. The van der Waals surface area contributed by atoms with Gasteiger partial charge in [0.15, 0.2) is 0 Å². The fourth-order valence-electron chi connectivity index (χ4n) is 2.64. The van der Waals surface area contributed by atoms with E-state index in [0.717, 1.165) is 18.8 Å². The van der Waals surface area contributed by atoms with Crippen molar-refractivity contribution >= 4 is 11.6 Å². The third-order valence-electron chi connectivity index (χ3n) is 3.76. The fourth-order valence-corrected chi connectivity index (χ4v) is 2.64. The Bertz CT molecular complexity index is 423. The zero-order chi connectivity index (χ0) is 13.7. The van der Waals surface area contributed by atoms with Gasteiger partial charge in [-0.05, 0) is 32.8 Å². The van der Waals surface area contributed by atoms with Crippen molar-refractivity contribution in [2.45, 2.75) is 45.6 Å². The summed E-state index contributed by atoms with van der Waals surface area (Å²) in [6, 6.07) is 2.46. The summed E-state index contributed by atoms with van der Waals surface area (Å²) in [4.78, 5) is 18.3. The number of aromatic nitrogens is 1. The maximum absolute atomic E-state index is 12.3. The van der Waals surface area contributed by atoms with E-state index in [9.17, 15) is 4.79 Å². The molecule has 0 atom stereocenters. The van der Waals surface area contributed by atoms with Gasteiger partial charge in [0.25, 0.3) is 5.91 Å². The maximum atomic E-state index is 12.3. The van der Waals surface area contributed by atoms with E-state index in [0.29, 0.717) is 11.6 Å². The molecule has 0 bridgehead atoms. The Morgan fingerprint density at radius 3 is 2.63 bits per heavy atom. The summed E-state index contributed by atoms with van der Waals surface area (Å²) >= 11 is 0. The summed E-state index contributed by atoms with van der Waals surface area (Å²) in [5.74, 6) is 0.0626. The number of carbonyl (C=O) groups is 1. The largest absolute Gasteiger partial charge is 0.381 e. The molecular weight excluding hydrogens is 238 g/mol. The molecule has 0 spiro atoms. The van der Waals surface area contributed by atoms with Gasteiger partial charge in [-0.3, -0.25) is 9.78 Å². The van der Waals surface area contributed by atoms with E-state index in [2.05, 4.69) is 10.3 Å². The predicted octanol–water partition coefficient (Wildman–Crippen LogP) is 2.92. The van der Waals surface area contributed by atoms with Crippen molar-refractivity contribution in [3.8, 4) is 0 Å². The highest BCUT2D eigenvalue weighted by Gasteiger charge is 2.16. The third kappa shape index (κ3) is 3.46. The molecule has 4 nitrogen and oxygen atoms in total. The molecule has 0 unspecified atom stereocenters. The summed E-state index contributed by atoms with van der Waals surface area (Å²) in [7, 11) is 0. The van der Waals surface area contributed by atoms with Crippen LogP contribution in [0.2, 0.25) is 0 Å². The minimum absolute atomic E-state index is 0.0626. The van der Waals surface area contributed by atoms with E-state index < -0.39 is 0 Å². The number of carbonyl (C=O) groups excluding carboxylic acids is 1. The molecular formula is C15H23N3O. The van der Waals surface area contributed by atoms with E-state index in [4.69, 9.17) is 0 Å². The standard InChI is InChI=1S/C15H23N3O/c1-3-18(4-2)15(19)12-9-14(11-16-10-12)17-13-7-5-6-8-13/h9-11,13,17H,3-8H2,1-2H3. The average Bonchev–Trinajstić information content (AvgIpc) is 2.93. The topological polar surface area (TPSA) is 45.2 Å². The fraction of sp³-hybridized carbons (Fsp3) is 0.600. The number of rotatable bonds is 5. The van der Waals surface area contributed by atoms with Crippen LogP contribution in [0.25, 0.3) is 0 Å². The SMILES string of the molecule is CCN(CC)C(=O)c1cncc(NC2CCCC2)c1. The second-order valence-electron chi connectivity index (χ2n) is 5.07. The van der Waals surface area contributed by atoms with Gasteiger partial charge in [0.2, 0.25) is 0 Å². The molecule has 1 aromatic rings. The van der Waals surface area contributed by atoms with Crippen LogP contribution in [0.4, 0.5) is 5.69 Å². The summed E-state index contributed by atoms with van der Waals surface area (Å²) in [6.45, 7) is 5.45. The van der Waals surface area contributed by atoms with E-state index in [1.165, 1.54) is 25.7 Å². The van der Waals surface area contributed by atoms with Crippen LogP contribution in [0.3, 0.4) is 0 Å². The highest BCUT2D eigenvalue weighted by molar-refractivity contribution is 5.94. The zero-order valence-electron chi connectivity index (χ0n) is 11.9. The number of pyridine rings is 1. The molecule has 1 heterocycles. The minimum Gasteiger partial charge on any atom is -0.381 e. The van der Waals surface area contributed by atoms with E-state index >= 15 is 0 Å². The van der Waals surface area contributed by atoms with Gasteiger partial charge in [0.1, 0.15) is 0 Å². The summed E-state index contributed by atoms with van der Waals surface area (Å²) < 4.78 is 0. The molecule has 0 saturated heterocycles. The van der Waals surface area contributed by atoms with Gasteiger partial charge < -0.3 is 10.2 Å². The van der Waals surface area contributed by atoms with Gasteiger partial charge in [-0.15, -0.1) is 0 Å². The van der Waals surface area contributed by atoms with Crippen molar-refractivity contribution in [3.05, 3.63) is 24.0 Å². The van der Waals surface area contributed by atoms with Crippen LogP contribution in [0.15, 0.2) is 18.5 Å². The monoisotopic (exact) mass is 261 g/mol. The Balaban J connectivity index is 2.07. The molecule has 1 N–H and O–H groups in total. The molecule has 1 aliphatic rings. The average molecular weight is 261 g/mol. The van der Waals surface area contributed by atoms with Gasteiger partial charge in [0, 0.05) is 31.5 Å². The lowest BCUT2D eigenvalue weighted by Crippen LogP contribution is -2.30. The van der Waals surface area contributed by atoms with Crippen LogP contribution < -0.4 is 5.32 Å². The van der Waals surface area contributed by atoms with Gasteiger partial charge >= 0.3 is 0 Å². The third-order valence-corrected chi connectivity index (χ3v) is 3.76. The molecule has 19 heavy (non-hydrogen) atoms. The number of nitrogens with one attached hydrogen (secondary N) is 1. The number of anilines is 1. The normalized spacial score (nSPS) is 15.5. The molecule has 1 aliphatic carbocycles. The molecule has 0 radical (unpaired) electrons. The van der Waals surface area contributed by atoms with Crippen LogP contribution >= 0.6 is 0 Å². The Labute approximate surface area is 115 Å². The van der Waals surface area contributed by atoms with Crippen molar-refractivity contribution in [1.29, 1.82) is 0 Å². The molecule has 0 aromatic carbocycles. The second kappa shape index (κ2) is 6.55. The Kier molecular flexibility index (Phi) is 4.77. The molecule has 0 aliphatic heterocycles. The molecule has 1 saturated carbocycles. The smallest absolute Gasteiger partial charge is 0.255 e. The highest BCUT2D eigenvalue weighted by Crippen LogP contribution is 2.22.